The minimum atomic E-state index is -0.298. The number of hydrogen-bond donors (Lipinski definition) is 2. The minimum Gasteiger partial charge on any atom is -0.493 e. The zero-order chi connectivity index (χ0) is 21.7. The highest BCUT2D eigenvalue weighted by molar-refractivity contribution is 5.93. The van der Waals surface area contributed by atoms with E-state index >= 15 is 0 Å². The molecule has 0 atom stereocenters. The third-order valence-corrected chi connectivity index (χ3v) is 4.82. The van der Waals surface area contributed by atoms with E-state index in [1.807, 2.05) is 24.3 Å². The van der Waals surface area contributed by atoms with Gasteiger partial charge in [-0.2, -0.15) is 0 Å². The molecule has 0 fully saturated rings. The van der Waals surface area contributed by atoms with E-state index in [0.717, 1.165) is 28.7 Å². The number of hydrogen-bond acceptors (Lipinski definition) is 4. The van der Waals surface area contributed by atoms with Gasteiger partial charge >= 0.3 is 6.03 Å². The lowest BCUT2D eigenvalue weighted by Crippen LogP contribution is -2.28. The molecule has 1 heterocycles. The van der Waals surface area contributed by atoms with E-state index < -0.39 is 0 Å². The summed E-state index contributed by atoms with van der Waals surface area (Å²) in [7, 11) is 4.67. The average molecular weight is 412 g/mol. The van der Waals surface area contributed by atoms with Gasteiger partial charge in [-0.3, -0.25) is 0 Å². The van der Waals surface area contributed by atoms with Crippen LogP contribution >= 0.6 is 0 Å². The van der Waals surface area contributed by atoms with E-state index in [1.54, 1.807) is 27.4 Å². The molecule has 1 aromatic heterocycles. The third kappa shape index (κ3) is 4.62. The molecule has 0 spiro atoms. The van der Waals surface area contributed by atoms with Crippen LogP contribution in [0, 0.1) is 5.92 Å². The van der Waals surface area contributed by atoms with E-state index in [1.165, 1.54) is 0 Å². The van der Waals surface area contributed by atoms with Crippen molar-refractivity contribution < 1.29 is 19.0 Å². The Morgan fingerprint density at radius 3 is 2.43 bits per heavy atom. The number of aromatic nitrogens is 1. The van der Waals surface area contributed by atoms with Gasteiger partial charge in [0, 0.05) is 41.4 Å². The lowest BCUT2D eigenvalue weighted by Gasteiger charge is -2.16. The molecule has 7 heteroatoms. The van der Waals surface area contributed by atoms with Gasteiger partial charge in [-0.1, -0.05) is 13.8 Å². The number of carbonyl (C=O) groups is 1. The van der Waals surface area contributed by atoms with Crippen molar-refractivity contribution in [2.75, 3.05) is 26.6 Å². The minimum absolute atomic E-state index is 0.280. The van der Waals surface area contributed by atoms with E-state index in [9.17, 15) is 4.79 Å². The number of benzene rings is 2. The molecule has 3 aromatic rings. The summed E-state index contributed by atoms with van der Waals surface area (Å²) in [6, 6.07) is 11.3. The predicted molar refractivity (Wildman–Crippen MR) is 119 cm³/mol. The first-order chi connectivity index (χ1) is 14.5. The molecule has 0 saturated heterocycles. The number of carbonyl (C=O) groups excluding carboxylic acids is 1. The van der Waals surface area contributed by atoms with Gasteiger partial charge in [0.05, 0.1) is 21.3 Å². The molecule has 3 rings (SSSR count). The topological polar surface area (TPSA) is 73.8 Å². The van der Waals surface area contributed by atoms with Crippen LogP contribution in [0.4, 0.5) is 10.5 Å². The van der Waals surface area contributed by atoms with Crippen LogP contribution < -0.4 is 24.8 Å². The van der Waals surface area contributed by atoms with Crippen molar-refractivity contribution in [3.05, 3.63) is 48.2 Å². The van der Waals surface area contributed by atoms with E-state index in [0.29, 0.717) is 23.2 Å². The van der Waals surface area contributed by atoms with Gasteiger partial charge in [0.25, 0.3) is 0 Å². The highest BCUT2D eigenvalue weighted by Crippen LogP contribution is 2.39. The maximum Gasteiger partial charge on any atom is 0.319 e. The molecule has 0 bridgehead atoms. The molecule has 2 N–H and O–H groups in total. The van der Waals surface area contributed by atoms with Crippen LogP contribution in [0.25, 0.3) is 10.9 Å². The molecule has 0 radical (unpaired) electrons. The molecule has 160 valence electrons. The Morgan fingerprint density at radius 1 is 1.00 bits per heavy atom. The summed E-state index contributed by atoms with van der Waals surface area (Å²) >= 11 is 0. The average Bonchev–Trinajstić information content (AvgIpc) is 3.12. The Hall–Kier alpha value is -3.35. The van der Waals surface area contributed by atoms with Crippen LogP contribution in [0.3, 0.4) is 0 Å². The molecule has 2 amide bonds. The van der Waals surface area contributed by atoms with Crippen LogP contribution in [0.1, 0.15) is 19.4 Å². The van der Waals surface area contributed by atoms with Crippen molar-refractivity contribution in [1.29, 1.82) is 0 Å². The van der Waals surface area contributed by atoms with Crippen molar-refractivity contribution in [1.82, 2.24) is 9.88 Å². The van der Waals surface area contributed by atoms with Crippen molar-refractivity contribution >= 4 is 22.6 Å². The number of methoxy groups -OCH3 is 3. The van der Waals surface area contributed by atoms with Crippen LogP contribution in [-0.2, 0) is 13.1 Å². The van der Waals surface area contributed by atoms with E-state index in [4.69, 9.17) is 14.2 Å². The van der Waals surface area contributed by atoms with Crippen molar-refractivity contribution in [2.45, 2.75) is 26.9 Å². The molecule has 0 saturated carbocycles. The molecular formula is C23H29N3O4. The molecule has 2 aromatic carbocycles. The highest BCUT2D eigenvalue weighted by atomic mass is 16.5. The SMILES string of the molecule is COc1ccc(CNC(=O)Nc2ccc3c(ccn3CC(C)C)c2)c(OC)c1OC. The smallest absolute Gasteiger partial charge is 0.319 e. The Bertz CT molecular complexity index is 1030. The van der Waals surface area contributed by atoms with E-state index in [2.05, 4.69) is 41.3 Å². The third-order valence-electron chi connectivity index (χ3n) is 4.82. The Balaban J connectivity index is 1.68. The van der Waals surface area contributed by atoms with Gasteiger partial charge < -0.3 is 29.4 Å². The first kappa shape index (κ1) is 21.4. The van der Waals surface area contributed by atoms with Crippen molar-refractivity contribution in [3.63, 3.8) is 0 Å². The van der Waals surface area contributed by atoms with Gasteiger partial charge in [0.2, 0.25) is 5.75 Å². The molecule has 0 unspecified atom stereocenters. The molecule has 7 nitrogen and oxygen atoms in total. The molecule has 0 aliphatic carbocycles. The summed E-state index contributed by atoms with van der Waals surface area (Å²) < 4.78 is 18.4. The summed E-state index contributed by atoms with van der Waals surface area (Å²) in [5, 5.41) is 6.84. The summed E-state index contributed by atoms with van der Waals surface area (Å²) in [6.07, 6.45) is 2.08. The summed E-state index contributed by atoms with van der Waals surface area (Å²) in [5.74, 6) is 2.17. The fraction of sp³-hybridized carbons (Fsp3) is 0.348. The second kappa shape index (κ2) is 9.43. The standard InChI is InChI=1S/C23H29N3O4/c1-15(2)14-26-11-10-16-12-18(7-8-19(16)26)25-23(27)24-13-17-6-9-20(28-3)22(30-5)21(17)29-4/h6-12,15H,13-14H2,1-5H3,(H2,24,25,27). The first-order valence-corrected chi connectivity index (χ1v) is 9.88. The number of fused-ring (bicyclic) bond motifs is 1. The normalized spacial score (nSPS) is 10.9. The molecule has 30 heavy (non-hydrogen) atoms. The monoisotopic (exact) mass is 411 g/mol. The lowest BCUT2D eigenvalue weighted by atomic mass is 10.1. The second-order valence-electron chi connectivity index (χ2n) is 7.44. The molecular weight excluding hydrogens is 382 g/mol. The van der Waals surface area contributed by atoms with Crippen LogP contribution in [0.2, 0.25) is 0 Å². The Morgan fingerprint density at radius 2 is 1.77 bits per heavy atom. The largest absolute Gasteiger partial charge is 0.493 e. The van der Waals surface area contributed by atoms with Gasteiger partial charge in [-0.15, -0.1) is 0 Å². The van der Waals surface area contributed by atoms with Gasteiger partial charge in [0.1, 0.15) is 0 Å². The number of nitrogens with one attached hydrogen (secondary N) is 2. The lowest BCUT2D eigenvalue weighted by molar-refractivity contribution is 0.251. The summed E-state index contributed by atoms with van der Waals surface area (Å²) in [5.41, 5.74) is 2.68. The summed E-state index contributed by atoms with van der Waals surface area (Å²) in [4.78, 5) is 12.4. The number of anilines is 1. The zero-order valence-corrected chi connectivity index (χ0v) is 18.1. The Labute approximate surface area is 176 Å². The number of urea groups is 1. The second-order valence-corrected chi connectivity index (χ2v) is 7.44. The summed E-state index contributed by atoms with van der Waals surface area (Å²) in [6.45, 7) is 5.63. The van der Waals surface area contributed by atoms with Crippen molar-refractivity contribution in [2.24, 2.45) is 5.92 Å². The number of ether oxygens (including phenoxy) is 3. The number of rotatable bonds is 8. The first-order valence-electron chi connectivity index (χ1n) is 9.88. The fourth-order valence-electron chi connectivity index (χ4n) is 3.48. The van der Waals surface area contributed by atoms with Crippen molar-refractivity contribution in [3.8, 4) is 17.2 Å². The zero-order valence-electron chi connectivity index (χ0n) is 18.1. The highest BCUT2D eigenvalue weighted by Gasteiger charge is 2.16. The number of amides is 2. The van der Waals surface area contributed by atoms with Crippen LogP contribution in [-0.4, -0.2) is 31.9 Å². The molecule has 0 aliphatic rings. The molecule has 0 aliphatic heterocycles. The fourth-order valence-corrected chi connectivity index (χ4v) is 3.48. The Kier molecular flexibility index (Phi) is 6.72. The van der Waals surface area contributed by atoms with Gasteiger partial charge in [-0.05, 0) is 42.3 Å². The predicted octanol–water partition coefficient (Wildman–Crippen LogP) is 4.64. The van der Waals surface area contributed by atoms with Gasteiger partial charge in [-0.25, -0.2) is 4.79 Å². The van der Waals surface area contributed by atoms with E-state index in [-0.39, 0.29) is 12.6 Å². The quantitative estimate of drug-likeness (QED) is 0.566. The van der Waals surface area contributed by atoms with Crippen LogP contribution in [0.5, 0.6) is 17.2 Å². The maximum absolute atomic E-state index is 12.4. The number of nitrogens with zero attached hydrogens (tertiary/aromatic N) is 1. The van der Waals surface area contributed by atoms with Gasteiger partial charge in [0.15, 0.2) is 11.5 Å². The van der Waals surface area contributed by atoms with Crippen LogP contribution in [0.15, 0.2) is 42.6 Å². The maximum atomic E-state index is 12.4.